The average Bonchev–Trinajstić information content (AvgIpc) is 3.54. The van der Waals surface area contributed by atoms with Crippen LogP contribution in [0.15, 0.2) is 60.7 Å². The van der Waals surface area contributed by atoms with E-state index < -0.39 is 0 Å². The summed E-state index contributed by atoms with van der Waals surface area (Å²) in [5.41, 5.74) is 3.74. The van der Waals surface area contributed by atoms with Gasteiger partial charge in [0.05, 0.1) is 12.2 Å². The number of aryl methyl sites for hydroxylation is 1. The summed E-state index contributed by atoms with van der Waals surface area (Å²) in [6.07, 6.45) is 5.18. The zero-order valence-electron chi connectivity index (χ0n) is 17.1. The van der Waals surface area contributed by atoms with Crippen molar-refractivity contribution in [3.8, 4) is 0 Å². The molecule has 0 radical (unpaired) electrons. The Morgan fingerprint density at radius 1 is 1.13 bits per heavy atom. The molecule has 0 bridgehead atoms. The highest BCUT2D eigenvalue weighted by Crippen LogP contribution is 2.23. The van der Waals surface area contributed by atoms with E-state index in [1.807, 2.05) is 37.3 Å². The predicted molar refractivity (Wildman–Crippen MR) is 122 cm³/mol. The van der Waals surface area contributed by atoms with Crippen LogP contribution in [0.2, 0.25) is 5.15 Å². The first-order chi connectivity index (χ1) is 15.0. The van der Waals surface area contributed by atoms with Crippen molar-refractivity contribution >= 4 is 35.2 Å². The molecule has 0 unspecified atom stereocenters. The fourth-order valence-electron chi connectivity index (χ4n) is 3.16. The third-order valence-electron chi connectivity index (χ3n) is 5.01. The number of rotatable bonds is 7. The molecule has 1 fully saturated rings. The minimum atomic E-state index is -0.290. The van der Waals surface area contributed by atoms with E-state index in [1.54, 1.807) is 35.0 Å². The number of aromatic nitrogens is 2. The van der Waals surface area contributed by atoms with E-state index in [9.17, 15) is 9.59 Å². The van der Waals surface area contributed by atoms with Gasteiger partial charge in [0, 0.05) is 28.9 Å². The van der Waals surface area contributed by atoms with Gasteiger partial charge in [-0.3, -0.25) is 9.59 Å². The lowest BCUT2D eigenvalue weighted by Gasteiger charge is -2.05. The van der Waals surface area contributed by atoms with Crippen molar-refractivity contribution in [1.82, 2.24) is 15.1 Å². The monoisotopic (exact) mass is 434 g/mol. The number of amides is 2. The van der Waals surface area contributed by atoms with E-state index in [2.05, 4.69) is 15.7 Å². The molecule has 0 aliphatic heterocycles. The third kappa shape index (κ3) is 5.41. The van der Waals surface area contributed by atoms with Crippen LogP contribution in [-0.2, 0) is 11.3 Å². The van der Waals surface area contributed by atoms with Crippen LogP contribution in [0.25, 0.3) is 6.08 Å². The van der Waals surface area contributed by atoms with Crippen molar-refractivity contribution in [2.75, 3.05) is 5.32 Å². The normalized spacial score (nSPS) is 13.4. The van der Waals surface area contributed by atoms with Crippen LogP contribution >= 0.6 is 11.6 Å². The molecule has 2 amide bonds. The smallest absolute Gasteiger partial charge is 0.251 e. The summed E-state index contributed by atoms with van der Waals surface area (Å²) in [5, 5.41) is 10.7. The Hall–Kier alpha value is -3.38. The second-order valence-electron chi connectivity index (χ2n) is 7.58. The molecular formula is C24H23ClN4O2. The summed E-state index contributed by atoms with van der Waals surface area (Å²) >= 11 is 6.49. The molecule has 6 nitrogen and oxygen atoms in total. The lowest BCUT2D eigenvalue weighted by molar-refractivity contribution is -0.111. The first-order valence-corrected chi connectivity index (χ1v) is 10.5. The summed E-state index contributed by atoms with van der Waals surface area (Å²) in [7, 11) is 0. The average molecular weight is 435 g/mol. The quantitative estimate of drug-likeness (QED) is 0.540. The number of hydrogen-bond donors (Lipinski definition) is 2. The van der Waals surface area contributed by atoms with Crippen molar-refractivity contribution in [3.05, 3.63) is 88.2 Å². The predicted octanol–water partition coefficient (Wildman–Crippen LogP) is 4.44. The molecule has 0 saturated heterocycles. The van der Waals surface area contributed by atoms with Gasteiger partial charge in [-0.1, -0.05) is 41.9 Å². The maximum Gasteiger partial charge on any atom is 0.251 e. The Bertz CT molecular complexity index is 1120. The zero-order valence-corrected chi connectivity index (χ0v) is 17.9. The maximum atomic E-state index is 12.3. The molecule has 1 aliphatic carbocycles. The lowest BCUT2D eigenvalue weighted by Crippen LogP contribution is -2.25. The standard InChI is InChI=1S/C24H23ClN4O2/c1-16-21(23(25)29(28-16)15-17-5-3-2-4-6-17)13-14-22(30)26-19-9-7-18(8-10-19)24(31)27-20-11-12-20/h2-10,13-14,20H,11-12,15H2,1H3,(H,26,30)(H,27,31)/b14-13+. The van der Waals surface area contributed by atoms with Crippen molar-refractivity contribution < 1.29 is 9.59 Å². The SMILES string of the molecule is Cc1nn(Cc2ccccc2)c(Cl)c1/C=C/C(=O)Nc1ccc(C(=O)NC2CC2)cc1. The Morgan fingerprint density at radius 3 is 2.52 bits per heavy atom. The molecule has 4 rings (SSSR count). The number of hydrogen-bond acceptors (Lipinski definition) is 3. The van der Waals surface area contributed by atoms with Crippen molar-refractivity contribution in [3.63, 3.8) is 0 Å². The maximum absolute atomic E-state index is 12.3. The van der Waals surface area contributed by atoms with Gasteiger partial charge in [-0.2, -0.15) is 5.10 Å². The Labute approximate surface area is 185 Å². The summed E-state index contributed by atoms with van der Waals surface area (Å²) < 4.78 is 1.72. The van der Waals surface area contributed by atoms with Gasteiger partial charge in [0.15, 0.2) is 0 Å². The first kappa shape index (κ1) is 20.9. The van der Waals surface area contributed by atoms with E-state index in [4.69, 9.17) is 11.6 Å². The molecule has 7 heteroatoms. The number of carbonyl (C=O) groups excluding carboxylic acids is 2. The van der Waals surface area contributed by atoms with Gasteiger partial charge in [0.2, 0.25) is 5.91 Å². The molecule has 1 aliphatic rings. The molecule has 158 valence electrons. The fourth-order valence-corrected chi connectivity index (χ4v) is 3.46. The molecule has 2 aromatic carbocycles. The van der Waals surface area contributed by atoms with E-state index in [1.165, 1.54) is 6.08 Å². The van der Waals surface area contributed by atoms with Gasteiger partial charge in [0.1, 0.15) is 5.15 Å². The molecule has 2 N–H and O–H groups in total. The second kappa shape index (κ2) is 9.18. The van der Waals surface area contributed by atoms with E-state index in [-0.39, 0.29) is 11.8 Å². The minimum Gasteiger partial charge on any atom is -0.349 e. The molecule has 1 heterocycles. The van der Waals surface area contributed by atoms with E-state index in [0.29, 0.717) is 34.6 Å². The summed E-state index contributed by atoms with van der Waals surface area (Å²) in [6, 6.07) is 17.1. The van der Waals surface area contributed by atoms with Crippen molar-refractivity contribution in [2.24, 2.45) is 0 Å². The van der Waals surface area contributed by atoms with Crippen LogP contribution in [-0.4, -0.2) is 27.6 Å². The molecule has 0 atom stereocenters. The highest BCUT2D eigenvalue weighted by atomic mass is 35.5. The van der Waals surface area contributed by atoms with Crippen LogP contribution in [0.3, 0.4) is 0 Å². The number of halogens is 1. The number of nitrogens with one attached hydrogen (secondary N) is 2. The van der Waals surface area contributed by atoms with Crippen LogP contribution in [0.5, 0.6) is 0 Å². The number of nitrogens with zero attached hydrogens (tertiary/aromatic N) is 2. The van der Waals surface area contributed by atoms with Gasteiger partial charge >= 0.3 is 0 Å². The van der Waals surface area contributed by atoms with Crippen molar-refractivity contribution in [1.29, 1.82) is 0 Å². The van der Waals surface area contributed by atoms with Crippen LogP contribution in [0, 0.1) is 6.92 Å². The second-order valence-corrected chi connectivity index (χ2v) is 7.94. The third-order valence-corrected chi connectivity index (χ3v) is 5.41. The Morgan fingerprint density at radius 2 is 1.84 bits per heavy atom. The van der Waals surface area contributed by atoms with Gasteiger partial charge in [-0.25, -0.2) is 4.68 Å². The highest BCUT2D eigenvalue weighted by molar-refractivity contribution is 6.31. The molecule has 31 heavy (non-hydrogen) atoms. The molecule has 3 aromatic rings. The van der Waals surface area contributed by atoms with Crippen LogP contribution in [0.1, 0.15) is 40.0 Å². The Kier molecular flexibility index (Phi) is 6.18. The number of benzene rings is 2. The van der Waals surface area contributed by atoms with Crippen LogP contribution in [0.4, 0.5) is 5.69 Å². The van der Waals surface area contributed by atoms with Gasteiger partial charge < -0.3 is 10.6 Å². The number of carbonyl (C=O) groups is 2. The number of anilines is 1. The van der Waals surface area contributed by atoms with Crippen molar-refractivity contribution in [2.45, 2.75) is 32.4 Å². The fraction of sp³-hybridized carbons (Fsp3) is 0.208. The Balaban J connectivity index is 1.38. The van der Waals surface area contributed by atoms with Gasteiger partial charge in [0.25, 0.3) is 5.91 Å². The molecule has 0 spiro atoms. The topological polar surface area (TPSA) is 76.0 Å². The van der Waals surface area contributed by atoms with E-state index >= 15 is 0 Å². The first-order valence-electron chi connectivity index (χ1n) is 10.2. The molecule has 1 saturated carbocycles. The van der Waals surface area contributed by atoms with E-state index in [0.717, 1.165) is 24.1 Å². The summed E-state index contributed by atoms with van der Waals surface area (Å²) in [5.74, 6) is -0.376. The lowest BCUT2D eigenvalue weighted by atomic mass is 10.2. The highest BCUT2D eigenvalue weighted by Gasteiger charge is 2.23. The van der Waals surface area contributed by atoms with Gasteiger partial charge in [-0.05, 0) is 55.7 Å². The minimum absolute atomic E-state index is 0.0853. The summed E-state index contributed by atoms with van der Waals surface area (Å²) in [6.45, 7) is 2.41. The molecular weight excluding hydrogens is 412 g/mol. The van der Waals surface area contributed by atoms with Gasteiger partial charge in [-0.15, -0.1) is 0 Å². The summed E-state index contributed by atoms with van der Waals surface area (Å²) in [4.78, 5) is 24.4. The zero-order chi connectivity index (χ0) is 21.8. The largest absolute Gasteiger partial charge is 0.349 e. The molecule has 1 aromatic heterocycles. The van der Waals surface area contributed by atoms with Crippen LogP contribution < -0.4 is 10.6 Å².